The molecule has 1 atom stereocenters. The van der Waals surface area contributed by atoms with E-state index in [4.69, 9.17) is 0 Å². The minimum absolute atomic E-state index is 0.0227. The van der Waals surface area contributed by atoms with Gasteiger partial charge in [-0.2, -0.15) is 0 Å². The van der Waals surface area contributed by atoms with Crippen LogP contribution in [0, 0.1) is 5.41 Å². The molecule has 0 amide bonds. The van der Waals surface area contributed by atoms with Crippen molar-refractivity contribution in [3.63, 3.8) is 0 Å². The molecule has 1 unspecified atom stereocenters. The van der Waals surface area contributed by atoms with Gasteiger partial charge in [0.1, 0.15) is 5.01 Å². The third-order valence-corrected chi connectivity index (χ3v) is 3.61. The molecule has 0 aromatic carbocycles. The van der Waals surface area contributed by atoms with E-state index in [2.05, 4.69) is 25.4 Å². The monoisotopic (exact) mass is 219 g/mol. The van der Waals surface area contributed by atoms with Crippen molar-refractivity contribution in [2.45, 2.75) is 19.8 Å². The van der Waals surface area contributed by atoms with E-state index in [0.29, 0.717) is 5.57 Å². The zero-order chi connectivity index (χ0) is 11.1. The highest BCUT2D eigenvalue weighted by Gasteiger charge is 2.37. The van der Waals surface area contributed by atoms with Crippen LogP contribution in [-0.4, -0.2) is 10.8 Å². The highest BCUT2D eigenvalue weighted by molar-refractivity contribution is 7.09. The zero-order valence-electron chi connectivity index (χ0n) is 8.86. The molecular weight excluding hydrogens is 206 g/mol. The molecule has 1 heterocycles. The fourth-order valence-electron chi connectivity index (χ4n) is 1.93. The molecule has 0 radical (unpaired) electrons. The van der Waals surface area contributed by atoms with Crippen molar-refractivity contribution >= 4 is 17.1 Å². The lowest BCUT2D eigenvalue weighted by molar-refractivity contribution is -0.112. The Morgan fingerprint density at radius 2 is 2.27 bits per heavy atom. The number of nitrogens with zero attached hydrogens (tertiary/aromatic N) is 1. The summed E-state index contributed by atoms with van der Waals surface area (Å²) in [5.74, 6) is 0.0459. The first-order valence-corrected chi connectivity index (χ1v) is 5.72. The van der Waals surface area contributed by atoms with Gasteiger partial charge in [-0.3, -0.25) is 4.79 Å². The van der Waals surface area contributed by atoms with E-state index in [9.17, 15) is 4.79 Å². The molecule has 0 N–H and O–H groups in total. The summed E-state index contributed by atoms with van der Waals surface area (Å²) < 4.78 is 0. The number of carbonyl (C=O) groups excluding carboxylic acids is 1. The maximum Gasteiger partial charge on any atom is 0.181 e. The van der Waals surface area contributed by atoms with E-state index in [1.165, 1.54) is 0 Å². The van der Waals surface area contributed by atoms with Gasteiger partial charge in [0.05, 0.1) is 0 Å². The first-order chi connectivity index (χ1) is 7.02. The Morgan fingerprint density at radius 1 is 1.53 bits per heavy atom. The van der Waals surface area contributed by atoms with Crippen molar-refractivity contribution in [2.75, 3.05) is 0 Å². The molecule has 1 aromatic rings. The summed E-state index contributed by atoms with van der Waals surface area (Å²) in [6.45, 7) is 8.10. The topological polar surface area (TPSA) is 30.0 Å². The Kier molecular flexibility index (Phi) is 2.35. The average Bonchev–Trinajstić information content (AvgIpc) is 2.65. The van der Waals surface area contributed by atoms with Crippen molar-refractivity contribution in [1.29, 1.82) is 0 Å². The number of hydrogen-bond acceptors (Lipinski definition) is 3. The number of ketones is 1. The number of aromatic nitrogens is 1. The molecule has 2 nitrogen and oxygen atoms in total. The molecule has 0 aliphatic heterocycles. The molecule has 0 saturated carbocycles. The molecule has 1 aliphatic rings. The van der Waals surface area contributed by atoms with Gasteiger partial charge in [0, 0.05) is 23.1 Å². The highest BCUT2D eigenvalue weighted by Crippen LogP contribution is 2.45. The van der Waals surface area contributed by atoms with Gasteiger partial charge in [0.25, 0.3) is 0 Å². The number of rotatable bonds is 1. The maximum absolute atomic E-state index is 11.6. The molecule has 1 aliphatic carbocycles. The molecule has 0 saturated heterocycles. The predicted octanol–water partition coefficient (Wildman–Crippen LogP) is 2.95. The Balaban J connectivity index is 2.49. The summed E-state index contributed by atoms with van der Waals surface area (Å²) >= 11 is 1.58. The van der Waals surface area contributed by atoms with E-state index in [-0.39, 0.29) is 17.1 Å². The minimum Gasteiger partial charge on any atom is -0.290 e. The first kappa shape index (κ1) is 10.3. The standard InChI is InChI=1S/C12H13NOS/c1-8-9(14)4-5-12(2,3)10(8)11-13-6-7-15-11/h4-7,10H,1H2,2-3H3. The van der Waals surface area contributed by atoms with Crippen LogP contribution in [0.2, 0.25) is 0 Å². The zero-order valence-corrected chi connectivity index (χ0v) is 9.67. The van der Waals surface area contributed by atoms with Crippen LogP contribution in [0.1, 0.15) is 24.8 Å². The third-order valence-electron chi connectivity index (χ3n) is 2.77. The van der Waals surface area contributed by atoms with Crippen molar-refractivity contribution in [3.05, 3.63) is 40.9 Å². The van der Waals surface area contributed by atoms with E-state index in [1.54, 1.807) is 23.6 Å². The Bertz CT molecular complexity index is 428. The van der Waals surface area contributed by atoms with Gasteiger partial charge in [-0.1, -0.05) is 26.5 Å². The van der Waals surface area contributed by atoms with Crippen LogP contribution < -0.4 is 0 Å². The van der Waals surface area contributed by atoms with Crippen LogP contribution in [0.25, 0.3) is 0 Å². The lowest BCUT2D eigenvalue weighted by Gasteiger charge is -2.33. The third kappa shape index (κ3) is 1.67. The fourth-order valence-corrected chi connectivity index (χ4v) is 2.89. The molecule has 3 heteroatoms. The van der Waals surface area contributed by atoms with Crippen molar-refractivity contribution in [2.24, 2.45) is 5.41 Å². The quantitative estimate of drug-likeness (QED) is 0.680. The van der Waals surface area contributed by atoms with Gasteiger partial charge in [0.15, 0.2) is 5.78 Å². The molecule has 78 valence electrons. The second-order valence-electron chi connectivity index (χ2n) is 4.35. The second-order valence-corrected chi connectivity index (χ2v) is 5.27. The predicted molar refractivity (Wildman–Crippen MR) is 61.9 cm³/mol. The molecule has 0 bridgehead atoms. The molecule has 1 aromatic heterocycles. The molecule has 15 heavy (non-hydrogen) atoms. The number of thiazole rings is 1. The summed E-state index contributed by atoms with van der Waals surface area (Å²) in [4.78, 5) is 15.9. The van der Waals surface area contributed by atoms with Crippen LogP contribution in [0.3, 0.4) is 0 Å². The summed E-state index contributed by atoms with van der Waals surface area (Å²) in [7, 11) is 0. The van der Waals surface area contributed by atoms with Crippen LogP contribution >= 0.6 is 11.3 Å². The van der Waals surface area contributed by atoms with Gasteiger partial charge in [0.2, 0.25) is 0 Å². The average molecular weight is 219 g/mol. The normalized spacial score (nSPS) is 24.5. The summed E-state index contributed by atoms with van der Waals surface area (Å²) in [5.41, 5.74) is 0.570. The van der Waals surface area contributed by atoms with Gasteiger partial charge in [-0.05, 0) is 11.5 Å². The van der Waals surface area contributed by atoms with E-state index in [1.807, 2.05) is 11.5 Å². The van der Waals surface area contributed by atoms with Gasteiger partial charge < -0.3 is 0 Å². The van der Waals surface area contributed by atoms with Gasteiger partial charge in [-0.25, -0.2) is 4.98 Å². The number of allylic oxidation sites excluding steroid dienone is 3. The number of hydrogen-bond donors (Lipinski definition) is 0. The lowest BCUT2D eigenvalue weighted by atomic mass is 9.70. The van der Waals surface area contributed by atoms with Crippen molar-refractivity contribution in [3.8, 4) is 0 Å². The van der Waals surface area contributed by atoms with Gasteiger partial charge in [-0.15, -0.1) is 11.3 Å². The van der Waals surface area contributed by atoms with Crippen molar-refractivity contribution in [1.82, 2.24) is 4.98 Å². The van der Waals surface area contributed by atoms with Crippen LogP contribution in [0.4, 0.5) is 0 Å². The minimum atomic E-state index is -0.0805. The Labute approximate surface area is 93.4 Å². The molecule has 2 rings (SSSR count). The Hall–Kier alpha value is -1.22. The van der Waals surface area contributed by atoms with Gasteiger partial charge >= 0.3 is 0 Å². The van der Waals surface area contributed by atoms with Crippen LogP contribution in [0.5, 0.6) is 0 Å². The van der Waals surface area contributed by atoms with Crippen LogP contribution in [0.15, 0.2) is 35.9 Å². The molecule has 0 spiro atoms. The Morgan fingerprint density at radius 3 is 2.87 bits per heavy atom. The van der Waals surface area contributed by atoms with E-state index in [0.717, 1.165) is 5.01 Å². The second kappa shape index (κ2) is 3.42. The maximum atomic E-state index is 11.6. The lowest BCUT2D eigenvalue weighted by Crippen LogP contribution is -2.28. The first-order valence-electron chi connectivity index (χ1n) is 4.84. The summed E-state index contributed by atoms with van der Waals surface area (Å²) in [6, 6.07) is 0. The fraction of sp³-hybridized carbons (Fsp3) is 0.333. The molecular formula is C12H13NOS. The largest absolute Gasteiger partial charge is 0.290 e. The smallest absolute Gasteiger partial charge is 0.181 e. The van der Waals surface area contributed by atoms with E-state index >= 15 is 0 Å². The van der Waals surface area contributed by atoms with E-state index < -0.39 is 0 Å². The highest BCUT2D eigenvalue weighted by atomic mass is 32.1. The SMILES string of the molecule is C=C1C(=O)C=CC(C)(C)C1c1nccs1. The summed E-state index contributed by atoms with van der Waals surface area (Å²) in [5, 5.41) is 2.91. The van der Waals surface area contributed by atoms with Crippen LogP contribution in [-0.2, 0) is 4.79 Å². The van der Waals surface area contributed by atoms with Crippen molar-refractivity contribution < 1.29 is 4.79 Å². The summed E-state index contributed by atoms with van der Waals surface area (Å²) in [6.07, 6.45) is 5.34. The molecule has 0 fully saturated rings. The number of carbonyl (C=O) groups is 1.